The second kappa shape index (κ2) is 7.07. The third-order valence-corrected chi connectivity index (χ3v) is 3.46. The molecular formula is C12H6ClN5O5S. The summed E-state index contributed by atoms with van der Waals surface area (Å²) < 4.78 is 5.25. The summed E-state index contributed by atoms with van der Waals surface area (Å²) >= 11 is 6.81. The van der Waals surface area contributed by atoms with Gasteiger partial charge in [-0.15, -0.1) is 0 Å². The van der Waals surface area contributed by atoms with Crippen molar-refractivity contribution in [2.75, 3.05) is 6.26 Å². The van der Waals surface area contributed by atoms with Crippen molar-refractivity contribution in [3.05, 3.63) is 49.1 Å². The van der Waals surface area contributed by atoms with Crippen LogP contribution in [0.3, 0.4) is 0 Å². The molecule has 0 spiro atoms. The maximum absolute atomic E-state index is 11.1. The summed E-state index contributed by atoms with van der Waals surface area (Å²) in [5.41, 5.74) is -1.14. The lowest BCUT2D eigenvalue weighted by Crippen LogP contribution is -2.02. The van der Waals surface area contributed by atoms with Gasteiger partial charge >= 0.3 is 17.3 Å². The number of nitro groups is 2. The fraction of sp³-hybridized carbons (Fsp3) is 0.0833. The highest BCUT2D eigenvalue weighted by atomic mass is 35.5. The van der Waals surface area contributed by atoms with Crippen LogP contribution in [0, 0.1) is 31.6 Å². The Kier molecular flexibility index (Phi) is 5.12. The van der Waals surface area contributed by atoms with E-state index >= 15 is 0 Å². The normalized spacial score (nSPS) is 10.0. The lowest BCUT2D eigenvalue weighted by molar-refractivity contribution is -0.387. The molecule has 1 aromatic carbocycles. The number of ether oxygens (including phenoxy) is 1. The molecule has 0 fully saturated rings. The summed E-state index contributed by atoms with van der Waals surface area (Å²) in [5.74, 6) is -0.925. The molecule has 0 unspecified atom stereocenters. The van der Waals surface area contributed by atoms with Crippen molar-refractivity contribution in [1.82, 2.24) is 9.97 Å². The number of nitro benzene ring substituents is 1. The van der Waals surface area contributed by atoms with Crippen LogP contribution in [-0.2, 0) is 0 Å². The van der Waals surface area contributed by atoms with Gasteiger partial charge in [0.25, 0.3) is 0 Å². The van der Waals surface area contributed by atoms with E-state index in [2.05, 4.69) is 9.97 Å². The number of aromatic nitrogens is 2. The molecule has 2 rings (SSSR count). The third kappa shape index (κ3) is 3.50. The Morgan fingerprint density at radius 2 is 2.00 bits per heavy atom. The lowest BCUT2D eigenvalue weighted by atomic mass is 10.2. The van der Waals surface area contributed by atoms with Crippen molar-refractivity contribution in [1.29, 1.82) is 5.26 Å². The highest BCUT2D eigenvalue weighted by molar-refractivity contribution is 7.98. The van der Waals surface area contributed by atoms with Crippen molar-refractivity contribution in [3.8, 4) is 17.7 Å². The Morgan fingerprint density at radius 1 is 1.29 bits per heavy atom. The molecule has 1 heterocycles. The average Bonchev–Trinajstić information content (AvgIpc) is 2.53. The smallest absolute Gasteiger partial charge is 0.368 e. The van der Waals surface area contributed by atoms with E-state index in [-0.39, 0.29) is 16.5 Å². The average molecular weight is 368 g/mol. The largest absolute Gasteiger partial charge is 0.426 e. The van der Waals surface area contributed by atoms with E-state index in [0.717, 1.165) is 23.9 Å². The zero-order valence-electron chi connectivity index (χ0n) is 11.8. The minimum atomic E-state index is -0.859. The topological polar surface area (TPSA) is 145 Å². The Morgan fingerprint density at radius 3 is 2.54 bits per heavy atom. The molecule has 122 valence electrons. The Labute approximate surface area is 143 Å². The highest BCUT2D eigenvalue weighted by Crippen LogP contribution is 2.39. The van der Waals surface area contributed by atoms with E-state index in [1.165, 1.54) is 6.07 Å². The van der Waals surface area contributed by atoms with Gasteiger partial charge in [-0.2, -0.15) is 10.2 Å². The molecule has 2 aromatic rings. The van der Waals surface area contributed by atoms with E-state index in [0.29, 0.717) is 0 Å². The Bertz CT molecular complexity index is 885. The Hall–Kier alpha value is -2.97. The second-order valence-corrected chi connectivity index (χ2v) is 5.20. The molecule has 10 nitrogen and oxygen atoms in total. The molecule has 0 bridgehead atoms. The monoisotopic (exact) mass is 367 g/mol. The number of halogens is 1. The van der Waals surface area contributed by atoms with Gasteiger partial charge in [-0.25, -0.2) is 4.98 Å². The van der Waals surface area contributed by atoms with Crippen molar-refractivity contribution in [2.45, 2.75) is 5.16 Å². The van der Waals surface area contributed by atoms with Crippen LogP contribution < -0.4 is 4.74 Å². The first-order valence-corrected chi connectivity index (χ1v) is 7.60. The summed E-state index contributed by atoms with van der Waals surface area (Å²) in [6, 6.07) is 5.15. The van der Waals surface area contributed by atoms with Gasteiger partial charge in [-0.1, -0.05) is 23.4 Å². The summed E-state index contributed by atoms with van der Waals surface area (Å²) in [6.07, 6.45) is 1.61. The molecule has 0 aliphatic rings. The molecule has 0 aliphatic carbocycles. The molecule has 0 saturated heterocycles. The minimum absolute atomic E-state index is 0.0727. The highest BCUT2D eigenvalue weighted by Gasteiger charge is 2.28. The van der Waals surface area contributed by atoms with Gasteiger partial charge in [-0.3, -0.25) is 20.2 Å². The summed E-state index contributed by atoms with van der Waals surface area (Å²) in [6.45, 7) is 0. The van der Waals surface area contributed by atoms with Crippen molar-refractivity contribution in [3.63, 3.8) is 0 Å². The summed E-state index contributed by atoms with van der Waals surface area (Å²) in [7, 11) is 0. The molecule has 0 atom stereocenters. The molecule has 0 radical (unpaired) electrons. The van der Waals surface area contributed by atoms with E-state index in [9.17, 15) is 20.2 Å². The first-order chi connectivity index (χ1) is 11.4. The molecule has 0 saturated carbocycles. The predicted octanol–water partition coefficient (Wildman–Crippen LogP) is 3.33. The molecule has 0 aliphatic heterocycles. The van der Waals surface area contributed by atoms with Gasteiger partial charge in [0, 0.05) is 12.1 Å². The van der Waals surface area contributed by atoms with Gasteiger partial charge in [0.2, 0.25) is 10.9 Å². The SMILES string of the molecule is CSc1nc(Cl)c([N+](=O)[O-])c(Oc2cc(C#N)ccc2[N+](=O)[O-])n1. The molecule has 0 N–H and O–H groups in total. The number of hydrogen-bond acceptors (Lipinski definition) is 9. The van der Waals surface area contributed by atoms with Crippen molar-refractivity contribution < 1.29 is 14.6 Å². The number of thioether (sulfide) groups is 1. The van der Waals surface area contributed by atoms with Crippen LogP contribution in [0.25, 0.3) is 0 Å². The third-order valence-electron chi connectivity index (χ3n) is 2.65. The predicted molar refractivity (Wildman–Crippen MR) is 83.4 cm³/mol. The molecule has 12 heteroatoms. The van der Waals surface area contributed by atoms with Crippen molar-refractivity contribution >= 4 is 34.7 Å². The number of benzene rings is 1. The van der Waals surface area contributed by atoms with E-state index in [4.69, 9.17) is 21.6 Å². The second-order valence-electron chi connectivity index (χ2n) is 4.07. The maximum atomic E-state index is 11.1. The van der Waals surface area contributed by atoms with Crippen LogP contribution in [0.2, 0.25) is 5.15 Å². The van der Waals surface area contributed by atoms with E-state index in [1.54, 1.807) is 12.3 Å². The number of rotatable bonds is 5. The standard InChI is InChI=1S/C12H6ClN5O5S/c1-24-12-15-10(13)9(18(21)22)11(16-12)23-8-4-6(5-14)2-3-7(8)17(19)20/h2-4H,1H3. The van der Waals surface area contributed by atoms with Gasteiger partial charge in [0.05, 0.1) is 21.5 Å². The first kappa shape index (κ1) is 17.4. The van der Waals surface area contributed by atoms with Crippen LogP contribution in [0.1, 0.15) is 5.56 Å². The van der Waals surface area contributed by atoms with Gasteiger partial charge < -0.3 is 4.74 Å². The van der Waals surface area contributed by atoms with Crippen LogP contribution in [-0.4, -0.2) is 26.1 Å². The minimum Gasteiger partial charge on any atom is -0.426 e. The fourth-order valence-corrected chi connectivity index (χ4v) is 2.26. The van der Waals surface area contributed by atoms with E-state index in [1.807, 2.05) is 0 Å². The number of nitrogens with zero attached hydrogens (tertiary/aromatic N) is 5. The van der Waals surface area contributed by atoms with Crippen LogP contribution in [0.15, 0.2) is 23.4 Å². The van der Waals surface area contributed by atoms with Crippen molar-refractivity contribution in [2.24, 2.45) is 0 Å². The van der Waals surface area contributed by atoms with Gasteiger partial charge in [0.15, 0.2) is 5.16 Å². The molecule has 1 aromatic heterocycles. The Balaban J connectivity index is 2.63. The summed E-state index contributed by atoms with van der Waals surface area (Å²) in [5, 5.41) is 30.7. The fourth-order valence-electron chi connectivity index (χ4n) is 1.63. The first-order valence-electron chi connectivity index (χ1n) is 5.99. The zero-order valence-corrected chi connectivity index (χ0v) is 13.4. The maximum Gasteiger partial charge on any atom is 0.368 e. The lowest BCUT2D eigenvalue weighted by Gasteiger charge is -2.08. The molecular weight excluding hydrogens is 362 g/mol. The summed E-state index contributed by atoms with van der Waals surface area (Å²) in [4.78, 5) is 28.1. The van der Waals surface area contributed by atoms with Crippen LogP contribution in [0.5, 0.6) is 11.6 Å². The van der Waals surface area contributed by atoms with Gasteiger partial charge in [-0.05, 0) is 12.3 Å². The van der Waals surface area contributed by atoms with E-state index < -0.39 is 32.3 Å². The van der Waals surface area contributed by atoms with Gasteiger partial charge in [0.1, 0.15) is 0 Å². The molecule has 0 amide bonds. The van der Waals surface area contributed by atoms with Crippen LogP contribution in [0.4, 0.5) is 11.4 Å². The number of hydrogen-bond donors (Lipinski definition) is 0. The zero-order chi connectivity index (χ0) is 17.9. The quantitative estimate of drug-likeness (QED) is 0.255. The molecule has 24 heavy (non-hydrogen) atoms. The number of nitriles is 1. The van der Waals surface area contributed by atoms with Crippen LogP contribution >= 0.6 is 23.4 Å².